The molecule has 1 amide bonds. The van der Waals surface area contributed by atoms with E-state index >= 15 is 0 Å². The summed E-state index contributed by atoms with van der Waals surface area (Å²) in [5.41, 5.74) is 0.631. The Balaban J connectivity index is 1.98. The fourth-order valence-electron chi connectivity index (χ4n) is 3.65. The summed E-state index contributed by atoms with van der Waals surface area (Å²) in [4.78, 5) is 29.1. The Labute approximate surface area is 199 Å². The van der Waals surface area contributed by atoms with Gasteiger partial charge in [0.1, 0.15) is 0 Å². The van der Waals surface area contributed by atoms with Crippen molar-refractivity contribution in [1.82, 2.24) is 0 Å². The number of carbonyl (C=O) groups is 2. The molecule has 1 aromatic rings. The SMILES string of the molecule is CCOc1cc(Br)c(N2C(=NC(=O)CCCC(=O)O)S[C@H]3CS(=O)(=O)C[C@H]32)cc1OCC. The molecule has 1 aromatic carbocycles. The Morgan fingerprint density at radius 3 is 2.47 bits per heavy atom. The summed E-state index contributed by atoms with van der Waals surface area (Å²) in [5, 5.41) is 8.93. The summed E-state index contributed by atoms with van der Waals surface area (Å²) in [5.74, 6) is -0.374. The maximum absolute atomic E-state index is 12.4. The Hall–Kier alpha value is -1.79. The number of amidine groups is 1. The van der Waals surface area contributed by atoms with E-state index in [1.54, 1.807) is 17.0 Å². The number of carboxylic acid groups (broad SMARTS) is 1. The zero-order valence-electron chi connectivity index (χ0n) is 17.7. The van der Waals surface area contributed by atoms with Crippen LogP contribution in [0.2, 0.25) is 0 Å². The number of carbonyl (C=O) groups excluding carboxylic acids is 1. The van der Waals surface area contributed by atoms with Gasteiger partial charge in [-0.3, -0.25) is 9.59 Å². The van der Waals surface area contributed by atoms with Gasteiger partial charge >= 0.3 is 5.97 Å². The summed E-state index contributed by atoms with van der Waals surface area (Å²) in [6, 6.07) is 3.15. The van der Waals surface area contributed by atoms with Gasteiger partial charge in [-0.05, 0) is 36.2 Å². The molecule has 0 spiro atoms. The summed E-state index contributed by atoms with van der Waals surface area (Å²) in [7, 11) is -3.21. The molecule has 2 aliphatic heterocycles. The topological polar surface area (TPSA) is 123 Å². The lowest BCUT2D eigenvalue weighted by atomic mass is 10.2. The predicted molar refractivity (Wildman–Crippen MR) is 127 cm³/mol. The highest BCUT2D eigenvalue weighted by Gasteiger charge is 2.50. The Morgan fingerprint density at radius 2 is 1.84 bits per heavy atom. The van der Waals surface area contributed by atoms with Crippen LogP contribution in [-0.2, 0) is 19.4 Å². The number of anilines is 1. The maximum atomic E-state index is 12.4. The van der Waals surface area contributed by atoms with Gasteiger partial charge in [0.15, 0.2) is 26.5 Å². The average Bonchev–Trinajstić information content (AvgIpc) is 3.15. The largest absolute Gasteiger partial charge is 0.490 e. The molecule has 0 aromatic heterocycles. The van der Waals surface area contributed by atoms with Crippen molar-refractivity contribution in [3.8, 4) is 11.5 Å². The number of carboxylic acids is 1. The van der Waals surface area contributed by atoms with Crippen LogP contribution in [0.4, 0.5) is 5.69 Å². The number of rotatable bonds is 9. The number of thioether (sulfide) groups is 1. The molecule has 0 unspecified atom stereocenters. The molecule has 2 saturated heterocycles. The quantitative estimate of drug-likeness (QED) is 0.495. The van der Waals surface area contributed by atoms with E-state index in [0.29, 0.717) is 40.0 Å². The lowest BCUT2D eigenvalue weighted by molar-refractivity contribution is -0.137. The highest BCUT2D eigenvalue weighted by atomic mass is 79.9. The third-order valence-corrected chi connectivity index (χ3v) is 8.79. The van der Waals surface area contributed by atoms with Crippen LogP contribution >= 0.6 is 27.7 Å². The highest BCUT2D eigenvalue weighted by molar-refractivity contribution is 9.10. The smallest absolute Gasteiger partial charge is 0.303 e. The van der Waals surface area contributed by atoms with Crippen LogP contribution in [0.25, 0.3) is 0 Å². The van der Waals surface area contributed by atoms with Gasteiger partial charge in [-0.15, -0.1) is 0 Å². The molecule has 0 bridgehead atoms. The number of ether oxygens (including phenoxy) is 2. The summed E-state index contributed by atoms with van der Waals surface area (Å²) in [6.45, 7) is 4.58. The molecule has 32 heavy (non-hydrogen) atoms. The molecule has 0 radical (unpaired) electrons. The number of amides is 1. The third kappa shape index (κ3) is 5.76. The number of hydrogen-bond acceptors (Lipinski definition) is 7. The van der Waals surface area contributed by atoms with E-state index in [9.17, 15) is 18.0 Å². The third-order valence-electron chi connectivity index (χ3n) is 4.94. The van der Waals surface area contributed by atoms with E-state index in [2.05, 4.69) is 20.9 Å². The number of fused-ring (bicyclic) bond motifs is 1. The molecular formula is C20H25BrN2O7S2. The minimum absolute atomic E-state index is 0.00642. The van der Waals surface area contributed by atoms with Gasteiger partial charge in [0.2, 0.25) is 5.91 Å². The predicted octanol–water partition coefficient (Wildman–Crippen LogP) is 3.10. The molecule has 3 rings (SSSR count). The van der Waals surface area contributed by atoms with Crippen molar-refractivity contribution in [2.24, 2.45) is 4.99 Å². The first kappa shape index (κ1) is 24.8. The molecule has 12 heteroatoms. The minimum atomic E-state index is -3.21. The first-order valence-electron chi connectivity index (χ1n) is 10.2. The normalized spacial score (nSPS) is 22.7. The number of aliphatic imine (C=N–C) groups is 1. The van der Waals surface area contributed by atoms with E-state index in [1.165, 1.54) is 11.8 Å². The molecule has 2 atom stereocenters. The number of hydrogen-bond donors (Lipinski definition) is 1. The second kappa shape index (κ2) is 10.4. The van der Waals surface area contributed by atoms with Gasteiger partial charge in [-0.2, -0.15) is 4.99 Å². The molecule has 2 fully saturated rings. The van der Waals surface area contributed by atoms with Crippen LogP contribution < -0.4 is 14.4 Å². The van der Waals surface area contributed by atoms with Crippen LogP contribution in [-0.4, -0.2) is 66.6 Å². The van der Waals surface area contributed by atoms with Gasteiger partial charge in [-0.1, -0.05) is 11.8 Å². The van der Waals surface area contributed by atoms with Crippen molar-refractivity contribution in [1.29, 1.82) is 0 Å². The second-order valence-corrected chi connectivity index (χ2v) is 11.5. The number of benzene rings is 1. The fraction of sp³-hybridized carbons (Fsp3) is 0.550. The number of sulfone groups is 1. The monoisotopic (exact) mass is 548 g/mol. The van der Waals surface area contributed by atoms with Crippen molar-refractivity contribution in [3.05, 3.63) is 16.6 Å². The van der Waals surface area contributed by atoms with Crippen molar-refractivity contribution in [3.63, 3.8) is 0 Å². The van der Waals surface area contributed by atoms with Crippen LogP contribution in [0.5, 0.6) is 11.5 Å². The molecule has 0 saturated carbocycles. The van der Waals surface area contributed by atoms with E-state index in [4.69, 9.17) is 14.6 Å². The Bertz CT molecular complexity index is 1030. The van der Waals surface area contributed by atoms with Gasteiger partial charge < -0.3 is 19.5 Å². The molecule has 1 N–H and O–H groups in total. The molecular weight excluding hydrogens is 524 g/mol. The molecule has 0 aliphatic carbocycles. The van der Waals surface area contributed by atoms with Crippen LogP contribution in [0.1, 0.15) is 33.1 Å². The van der Waals surface area contributed by atoms with Gasteiger partial charge in [0.25, 0.3) is 0 Å². The minimum Gasteiger partial charge on any atom is -0.490 e. The van der Waals surface area contributed by atoms with Crippen molar-refractivity contribution in [2.45, 2.75) is 44.4 Å². The van der Waals surface area contributed by atoms with Crippen LogP contribution in [0.3, 0.4) is 0 Å². The van der Waals surface area contributed by atoms with E-state index in [0.717, 1.165) is 0 Å². The zero-order chi connectivity index (χ0) is 23.5. The van der Waals surface area contributed by atoms with Crippen molar-refractivity contribution in [2.75, 3.05) is 29.6 Å². The van der Waals surface area contributed by atoms with Gasteiger partial charge in [0.05, 0.1) is 36.4 Å². The Kier molecular flexibility index (Phi) is 8.10. The van der Waals surface area contributed by atoms with Gasteiger partial charge in [0, 0.05) is 34.7 Å². The summed E-state index contributed by atoms with van der Waals surface area (Å²) < 4.78 is 36.6. The standard InChI is InChI=1S/C20H25BrN2O7S2/c1-3-29-15-8-12(21)13(9-16(15)30-4-2)23-14-10-32(27,28)11-17(14)31-20(23)22-18(24)6-5-7-19(25)26/h8-9,14,17H,3-7,10-11H2,1-2H3,(H,25,26)/t14-,17+/m1/s1. The van der Waals surface area contributed by atoms with Crippen LogP contribution in [0, 0.1) is 0 Å². The lowest BCUT2D eigenvalue weighted by Crippen LogP contribution is -2.38. The first-order valence-corrected chi connectivity index (χ1v) is 13.7. The van der Waals surface area contributed by atoms with E-state index in [-0.39, 0.29) is 42.1 Å². The maximum Gasteiger partial charge on any atom is 0.303 e. The molecule has 2 aliphatic rings. The molecule has 176 valence electrons. The summed E-state index contributed by atoms with van der Waals surface area (Å²) >= 11 is 4.81. The number of nitrogens with zero attached hydrogens (tertiary/aromatic N) is 2. The highest BCUT2D eigenvalue weighted by Crippen LogP contribution is 2.46. The van der Waals surface area contributed by atoms with E-state index < -0.39 is 21.7 Å². The zero-order valence-corrected chi connectivity index (χ0v) is 21.0. The molecule has 9 nitrogen and oxygen atoms in total. The van der Waals surface area contributed by atoms with Crippen LogP contribution in [0.15, 0.2) is 21.6 Å². The first-order chi connectivity index (χ1) is 15.1. The lowest BCUT2D eigenvalue weighted by Gasteiger charge is -2.27. The van der Waals surface area contributed by atoms with Crippen molar-refractivity contribution < 1.29 is 32.6 Å². The average molecular weight is 549 g/mol. The number of halogens is 1. The molecule has 2 heterocycles. The van der Waals surface area contributed by atoms with Gasteiger partial charge in [-0.25, -0.2) is 8.42 Å². The number of aliphatic carboxylic acids is 1. The Morgan fingerprint density at radius 1 is 1.19 bits per heavy atom. The second-order valence-electron chi connectivity index (χ2n) is 7.32. The van der Waals surface area contributed by atoms with Crippen molar-refractivity contribution >= 4 is 60.3 Å². The van der Waals surface area contributed by atoms with E-state index in [1.807, 2.05) is 13.8 Å². The fourth-order valence-corrected chi connectivity index (χ4v) is 8.08. The summed E-state index contributed by atoms with van der Waals surface area (Å²) in [6.07, 6.45) is 0.0870.